The molecule has 1 aromatic rings. The predicted octanol–water partition coefficient (Wildman–Crippen LogP) is 0.697. The maximum absolute atomic E-state index is 11.4. The predicted molar refractivity (Wildman–Crippen MR) is 71.9 cm³/mol. The number of thiophene rings is 1. The highest BCUT2D eigenvalue weighted by Gasteiger charge is 2.18. The number of carbonyl (C=O) groups is 2. The zero-order valence-corrected chi connectivity index (χ0v) is 10.9. The third-order valence-electron chi connectivity index (χ3n) is 2.15. The van der Waals surface area contributed by atoms with E-state index in [0.29, 0.717) is 5.71 Å². The van der Waals surface area contributed by atoms with Crippen molar-refractivity contribution in [2.75, 3.05) is 6.54 Å². The van der Waals surface area contributed by atoms with Crippen LogP contribution in [0.5, 0.6) is 0 Å². The Kier molecular flexibility index (Phi) is 4.21. The summed E-state index contributed by atoms with van der Waals surface area (Å²) in [6, 6.07) is 0.791. The van der Waals surface area contributed by atoms with Crippen LogP contribution in [0.2, 0.25) is 0 Å². The van der Waals surface area contributed by atoms with Crippen molar-refractivity contribution in [1.82, 2.24) is 21.4 Å². The molecule has 2 rings (SSSR count). The Morgan fingerprint density at radius 3 is 3.26 bits per heavy atom. The first-order valence-corrected chi connectivity index (χ1v) is 6.32. The van der Waals surface area contributed by atoms with Crippen molar-refractivity contribution >= 4 is 35.3 Å². The van der Waals surface area contributed by atoms with Gasteiger partial charge in [0.1, 0.15) is 0 Å². The molecule has 1 aliphatic rings. The van der Waals surface area contributed by atoms with Crippen molar-refractivity contribution in [2.24, 2.45) is 10.1 Å². The molecule has 3 N–H and O–H groups in total. The molecule has 0 bridgehead atoms. The van der Waals surface area contributed by atoms with Crippen LogP contribution >= 0.6 is 11.3 Å². The normalized spacial score (nSPS) is 15.3. The average molecular weight is 280 g/mol. The van der Waals surface area contributed by atoms with Crippen LogP contribution in [0, 0.1) is 0 Å². The maximum atomic E-state index is 11.4. The van der Waals surface area contributed by atoms with E-state index >= 15 is 0 Å². The maximum Gasteiger partial charge on any atom is 0.356 e. The van der Waals surface area contributed by atoms with Gasteiger partial charge in [-0.05, 0) is 23.8 Å². The monoisotopic (exact) mass is 280 g/mol. The van der Waals surface area contributed by atoms with Crippen LogP contribution in [0.4, 0.5) is 9.59 Å². The lowest BCUT2D eigenvalue weighted by atomic mass is 10.4. The molecule has 0 radical (unpaired) electrons. The summed E-state index contributed by atoms with van der Waals surface area (Å²) < 4.78 is 0. The topological polar surface area (TPSA) is 98.2 Å². The number of aliphatic imine (C=N–C) groups is 1. The second-order valence-corrected chi connectivity index (χ2v) is 4.49. The molecule has 0 aliphatic carbocycles. The summed E-state index contributed by atoms with van der Waals surface area (Å²) in [4.78, 5) is 26.4. The Bertz CT molecular complexity index is 524. The van der Waals surface area contributed by atoms with E-state index in [0.717, 1.165) is 5.56 Å². The van der Waals surface area contributed by atoms with E-state index in [-0.39, 0.29) is 6.54 Å². The first-order chi connectivity index (χ1) is 9.15. The molecule has 19 heavy (non-hydrogen) atoms. The van der Waals surface area contributed by atoms with Gasteiger partial charge >= 0.3 is 12.1 Å². The lowest BCUT2D eigenvalue weighted by Crippen LogP contribution is -2.57. The van der Waals surface area contributed by atoms with E-state index in [9.17, 15) is 9.59 Å². The van der Waals surface area contributed by atoms with Gasteiger partial charge in [0.15, 0.2) is 0 Å². The van der Waals surface area contributed by atoms with Crippen molar-refractivity contribution in [3.8, 4) is 0 Å². The van der Waals surface area contributed by atoms with Crippen LogP contribution in [0.15, 0.2) is 26.9 Å². The lowest BCUT2D eigenvalue weighted by molar-refractivity contribution is 0.163. The fourth-order valence-electron chi connectivity index (χ4n) is 1.26. The van der Waals surface area contributed by atoms with Crippen molar-refractivity contribution in [1.29, 1.82) is 0 Å². The molecule has 0 aromatic carbocycles. The zero-order valence-electron chi connectivity index (χ0n) is 10.1. The number of nitrogens with zero attached hydrogens (tertiary/aromatic N) is 3. The highest BCUT2D eigenvalue weighted by atomic mass is 32.1. The minimum Gasteiger partial charge on any atom is -0.253 e. The molecule has 100 valence electrons. The lowest BCUT2D eigenvalue weighted by Gasteiger charge is -2.25. The number of hydrazone groups is 1. The third-order valence-corrected chi connectivity index (χ3v) is 2.85. The summed E-state index contributed by atoms with van der Waals surface area (Å²) >= 11 is 1.51. The molecule has 0 unspecified atom stereocenters. The van der Waals surface area contributed by atoms with Crippen molar-refractivity contribution in [2.45, 2.75) is 6.92 Å². The minimum atomic E-state index is -0.598. The summed E-state index contributed by atoms with van der Waals surface area (Å²) in [5.74, 6) is 0. The summed E-state index contributed by atoms with van der Waals surface area (Å²) in [6.45, 7) is 2.03. The van der Waals surface area contributed by atoms with Gasteiger partial charge in [0.2, 0.25) is 0 Å². The van der Waals surface area contributed by atoms with Crippen molar-refractivity contribution in [3.05, 3.63) is 22.4 Å². The Morgan fingerprint density at radius 2 is 2.53 bits per heavy atom. The molecule has 0 atom stereocenters. The van der Waals surface area contributed by atoms with Gasteiger partial charge in [-0.25, -0.2) is 25.0 Å². The molecular weight excluding hydrogens is 268 g/mol. The highest BCUT2D eigenvalue weighted by Crippen LogP contribution is 2.02. The smallest absolute Gasteiger partial charge is 0.253 e. The van der Waals surface area contributed by atoms with E-state index in [1.54, 1.807) is 6.92 Å². The number of carbonyl (C=O) groups excluding carboxylic acids is 2. The molecule has 4 amide bonds. The van der Waals surface area contributed by atoms with Crippen molar-refractivity contribution < 1.29 is 9.59 Å². The van der Waals surface area contributed by atoms with Crippen LogP contribution < -0.4 is 16.4 Å². The van der Waals surface area contributed by atoms with E-state index in [1.165, 1.54) is 22.6 Å². The van der Waals surface area contributed by atoms with E-state index in [4.69, 9.17) is 0 Å². The Hall–Kier alpha value is -2.26. The van der Waals surface area contributed by atoms with Crippen LogP contribution in [-0.4, -0.2) is 35.5 Å². The second-order valence-electron chi connectivity index (χ2n) is 3.71. The van der Waals surface area contributed by atoms with E-state index in [1.807, 2.05) is 16.8 Å². The summed E-state index contributed by atoms with van der Waals surface area (Å²) in [5, 5.41) is 8.68. The third kappa shape index (κ3) is 3.86. The van der Waals surface area contributed by atoms with Gasteiger partial charge in [-0.1, -0.05) is 0 Å². The molecule has 0 fully saturated rings. The fourth-order valence-corrected chi connectivity index (χ4v) is 1.87. The average Bonchev–Trinajstić information content (AvgIpc) is 2.90. The molecule has 1 aromatic heterocycles. The number of urea groups is 2. The Labute approximate surface area is 113 Å². The van der Waals surface area contributed by atoms with Crippen LogP contribution in [0.3, 0.4) is 0 Å². The van der Waals surface area contributed by atoms with Gasteiger partial charge in [-0.15, -0.1) is 5.53 Å². The molecule has 1 aliphatic heterocycles. The number of amides is 4. The van der Waals surface area contributed by atoms with E-state index < -0.39 is 12.1 Å². The number of hydrogen-bond donors (Lipinski definition) is 3. The Morgan fingerprint density at radius 1 is 1.68 bits per heavy atom. The highest BCUT2D eigenvalue weighted by molar-refractivity contribution is 7.08. The van der Waals surface area contributed by atoms with Gasteiger partial charge in [-0.2, -0.15) is 16.4 Å². The molecule has 0 saturated carbocycles. The largest absolute Gasteiger partial charge is 0.356 e. The molecule has 9 heteroatoms. The fraction of sp³-hybridized carbons (Fsp3) is 0.200. The van der Waals surface area contributed by atoms with E-state index in [2.05, 4.69) is 26.5 Å². The SMILES string of the molecule is CC1=NNC(=O)N(NNC(=O)/N=C/c2ccsc2)C1. The molecule has 8 nitrogen and oxygen atoms in total. The summed E-state index contributed by atoms with van der Waals surface area (Å²) in [7, 11) is 0. The first kappa shape index (κ1) is 13.2. The van der Waals surface area contributed by atoms with Gasteiger partial charge in [0.25, 0.3) is 0 Å². The van der Waals surface area contributed by atoms with Crippen LogP contribution in [0.25, 0.3) is 0 Å². The second kappa shape index (κ2) is 6.07. The van der Waals surface area contributed by atoms with Gasteiger partial charge in [-0.3, -0.25) is 5.43 Å². The zero-order chi connectivity index (χ0) is 13.7. The molecule has 0 saturated heterocycles. The van der Waals surface area contributed by atoms with Crippen LogP contribution in [0.1, 0.15) is 12.5 Å². The number of hydrazine groups is 2. The molecule has 2 heterocycles. The summed E-state index contributed by atoms with van der Waals surface area (Å²) in [5.41, 5.74) is 8.60. The quantitative estimate of drug-likeness (QED) is 0.561. The van der Waals surface area contributed by atoms with Gasteiger partial charge in [0, 0.05) is 11.8 Å². The number of hydrogen-bond acceptors (Lipinski definition) is 5. The van der Waals surface area contributed by atoms with Crippen molar-refractivity contribution in [3.63, 3.8) is 0 Å². The van der Waals surface area contributed by atoms with Gasteiger partial charge in [0.05, 0.1) is 12.3 Å². The van der Waals surface area contributed by atoms with Crippen LogP contribution in [-0.2, 0) is 0 Å². The molecular formula is C10H12N6O2S. The minimum absolute atomic E-state index is 0.278. The number of nitrogens with one attached hydrogen (secondary N) is 3. The van der Waals surface area contributed by atoms with Gasteiger partial charge < -0.3 is 0 Å². The first-order valence-electron chi connectivity index (χ1n) is 5.38. The Balaban J connectivity index is 1.80. The molecule has 0 spiro atoms. The summed E-state index contributed by atoms with van der Waals surface area (Å²) in [6.07, 6.45) is 1.44. The standard InChI is InChI=1S/C10H12N6O2S/c1-7-5-16(10(18)14-12-7)15-13-9(17)11-4-8-2-3-19-6-8/h2-4,6,15H,5H2,1H3,(H,13,17)(H,14,18)/b11-4+. The number of rotatable bonds is 3.